The van der Waals surface area contributed by atoms with Crippen LogP contribution in [-0.4, -0.2) is 147 Å². The van der Waals surface area contributed by atoms with E-state index in [4.69, 9.17) is 24.1 Å². The van der Waals surface area contributed by atoms with Crippen molar-refractivity contribution in [1.29, 1.82) is 0 Å². The predicted molar refractivity (Wildman–Crippen MR) is 304 cm³/mol. The molecule has 9 fully saturated rings. The summed E-state index contributed by atoms with van der Waals surface area (Å²) in [7, 11) is 0. The minimum Gasteiger partial charge on any atom is -0.870 e. The summed E-state index contributed by atoms with van der Waals surface area (Å²) in [5, 5.41) is 38.0. The fourth-order valence-corrected chi connectivity index (χ4v) is 15.1. The lowest BCUT2D eigenvalue weighted by atomic mass is 9.92. The molecule has 0 aromatic heterocycles. The van der Waals surface area contributed by atoms with Crippen LogP contribution in [0, 0.1) is 71.0 Å². The first-order valence-corrected chi connectivity index (χ1v) is 30.2. The maximum Gasteiger partial charge on any atom is 0.305 e. The summed E-state index contributed by atoms with van der Waals surface area (Å²) in [5.74, 6) is 3.66. The largest absolute Gasteiger partial charge is 0.870 e. The molecule has 17 nitrogen and oxygen atoms in total. The fraction of sp³-hybridized carbons (Fsp3) is 0.662. The van der Waals surface area contributed by atoms with Gasteiger partial charge in [0.1, 0.15) is 37.0 Å². The van der Waals surface area contributed by atoms with E-state index in [2.05, 4.69) is 94.8 Å². The molecule has 0 spiro atoms. The van der Waals surface area contributed by atoms with Crippen LogP contribution in [-0.2, 0) is 60.8 Å². The first-order valence-electron chi connectivity index (χ1n) is 30.2. The minimum absolute atomic E-state index is 0. The van der Waals surface area contributed by atoms with Gasteiger partial charge in [0.2, 0.25) is 0 Å². The number of carbonyl (C=O) groups is 6. The van der Waals surface area contributed by atoms with Gasteiger partial charge in [0.05, 0.1) is 30.3 Å². The molecule has 2 heterocycles. The molecule has 0 amide bonds. The highest BCUT2D eigenvalue weighted by atomic mass is 16.6. The van der Waals surface area contributed by atoms with Crippen molar-refractivity contribution < 1.29 is 73.6 Å². The summed E-state index contributed by atoms with van der Waals surface area (Å²) in [6.45, 7) is 12.5. The Morgan fingerprint density at radius 2 is 1.05 bits per heavy atom. The van der Waals surface area contributed by atoms with Crippen LogP contribution in [0.2, 0.25) is 0 Å². The summed E-state index contributed by atoms with van der Waals surface area (Å²) < 4.78 is 20.7. The van der Waals surface area contributed by atoms with Crippen LogP contribution >= 0.6 is 0 Å². The molecule has 5 N–H and O–H groups in total. The van der Waals surface area contributed by atoms with E-state index in [1.165, 1.54) is 64.1 Å². The Hall–Kier alpha value is -5.14. The van der Waals surface area contributed by atoms with Gasteiger partial charge in [0.25, 0.3) is 0 Å². The molecule has 82 heavy (non-hydrogen) atoms. The molecule has 11 aliphatic rings. The maximum atomic E-state index is 11.5. The van der Waals surface area contributed by atoms with E-state index in [1.54, 1.807) is 0 Å². The van der Waals surface area contributed by atoms with Crippen molar-refractivity contribution in [2.45, 2.75) is 173 Å². The van der Waals surface area contributed by atoms with Crippen molar-refractivity contribution in [2.75, 3.05) is 26.2 Å². The van der Waals surface area contributed by atoms with Crippen LogP contribution in [0.1, 0.15) is 122 Å². The number of aliphatic hydroxyl groups excluding tert-OH is 4. The smallest absolute Gasteiger partial charge is 0.305 e. The maximum absolute atomic E-state index is 11.5. The number of likely N-dealkylation sites (tertiary alicyclic amines) is 2. The molecule has 10 bridgehead atoms. The third kappa shape index (κ3) is 17.9. The topological polar surface area (TPSA) is 257 Å². The summed E-state index contributed by atoms with van der Waals surface area (Å²) in [4.78, 5) is 69.5. The summed E-state index contributed by atoms with van der Waals surface area (Å²) in [6.07, 6.45) is 20.7. The Bertz CT molecular complexity index is 2440. The molecule has 20 unspecified atom stereocenters. The summed E-state index contributed by atoms with van der Waals surface area (Å²) in [6, 6.07) is 21.3. The lowest BCUT2D eigenvalue weighted by molar-refractivity contribution is -0.154. The molecule has 17 heteroatoms. The second-order valence-corrected chi connectivity index (χ2v) is 25.1. The average Bonchev–Trinajstić information content (AvgIpc) is 4.42. The van der Waals surface area contributed by atoms with Crippen LogP contribution in [0.4, 0.5) is 0 Å². The molecule has 452 valence electrons. The van der Waals surface area contributed by atoms with Crippen molar-refractivity contribution in [3.05, 3.63) is 96.1 Å². The number of nitrogens with zero attached hydrogens (tertiary/aromatic N) is 2. The van der Waals surface area contributed by atoms with Crippen LogP contribution in [0.15, 0.2) is 85.0 Å². The van der Waals surface area contributed by atoms with Gasteiger partial charge in [-0.15, -0.1) is 0 Å². The summed E-state index contributed by atoms with van der Waals surface area (Å²) in [5.41, 5.74) is 2.76. The highest BCUT2D eigenvalue weighted by Gasteiger charge is 2.53. The van der Waals surface area contributed by atoms with Gasteiger partial charge in [-0.1, -0.05) is 91.9 Å². The van der Waals surface area contributed by atoms with Gasteiger partial charge in [-0.2, -0.15) is 0 Å². The third-order valence-electron chi connectivity index (χ3n) is 18.8. The Morgan fingerprint density at radius 1 is 0.500 bits per heavy atom. The zero-order chi connectivity index (χ0) is 57.7. The number of fused-ring (bicyclic) bond motifs is 10. The van der Waals surface area contributed by atoms with Gasteiger partial charge in [0.15, 0.2) is 0 Å². The molecular weight excluding hydrogens is 1050 g/mol. The molecule has 2 saturated heterocycles. The lowest BCUT2D eigenvalue weighted by Crippen LogP contribution is -2.40. The predicted octanol–water partition coefficient (Wildman–Crippen LogP) is 7.04. The monoisotopic (exact) mass is 1140 g/mol. The average molecular weight is 1140 g/mol. The zero-order valence-electron chi connectivity index (χ0n) is 48.4. The second kappa shape index (κ2) is 30.6. The first kappa shape index (κ1) is 64.4. The van der Waals surface area contributed by atoms with E-state index in [0.717, 1.165) is 89.2 Å². The van der Waals surface area contributed by atoms with Crippen molar-refractivity contribution in [3.8, 4) is 0 Å². The first-order chi connectivity index (χ1) is 38.9. The molecular formula is C65H91N2O15-. The van der Waals surface area contributed by atoms with Crippen LogP contribution < -0.4 is 0 Å². The SMILES string of the molecule is CC(=O)OC1CC(C=O)CC1C=O.CC(=O)OC1CC2C=CC1C2.CC(=O)OC1CC2CC1C(O)C2O.CCC(=O)OC1CC2CC1CN(Cc1ccccc1)C2.OC1CC2C=CC1C2.OC1CC2CC1CN(Cc1ccccc1)C2.[OH-]. The van der Waals surface area contributed by atoms with E-state index < -0.39 is 24.3 Å². The number of carbonyl (C=O) groups excluding carboxylic acids is 6. The minimum atomic E-state index is -0.705. The molecule has 7 saturated carbocycles. The van der Waals surface area contributed by atoms with Gasteiger partial charge in [0, 0.05) is 96.1 Å². The number of rotatable bonds is 11. The molecule has 2 aromatic carbocycles. The van der Waals surface area contributed by atoms with Crippen molar-refractivity contribution in [2.24, 2.45) is 71.0 Å². The Labute approximate surface area is 484 Å². The summed E-state index contributed by atoms with van der Waals surface area (Å²) >= 11 is 0. The second-order valence-electron chi connectivity index (χ2n) is 25.1. The Morgan fingerprint density at radius 3 is 1.51 bits per heavy atom. The normalized spacial score (nSPS) is 36.9. The third-order valence-corrected chi connectivity index (χ3v) is 18.8. The van der Waals surface area contributed by atoms with E-state index in [1.807, 2.05) is 6.92 Å². The highest BCUT2D eigenvalue weighted by Crippen LogP contribution is 2.47. The van der Waals surface area contributed by atoms with Gasteiger partial charge < -0.3 is 54.4 Å². The number of ether oxygens (including phenoxy) is 4. The number of piperidine rings is 2. The van der Waals surface area contributed by atoms with E-state index in [9.17, 15) is 44.1 Å². The molecule has 9 aliphatic carbocycles. The number of hydrogen-bond acceptors (Lipinski definition) is 17. The number of aldehydes is 2. The van der Waals surface area contributed by atoms with Crippen molar-refractivity contribution in [1.82, 2.24) is 9.80 Å². The number of allylic oxidation sites excluding steroid dienone is 2. The Balaban J connectivity index is 0.000000144. The van der Waals surface area contributed by atoms with Gasteiger partial charge >= 0.3 is 23.9 Å². The number of esters is 4. The van der Waals surface area contributed by atoms with Gasteiger partial charge in [-0.05, 0) is 124 Å². The quantitative estimate of drug-likeness (QED) is 0.0761. The number of aliphatic hydroxyl groups is 4. The number of benzene rings is 2. The van der Waals surface area contributed by atoms with Crippen molar-refractivity contribution >= 4 is 36.4 Å². The van der Waals surface area contributed by atoms with Crippen LogP contribution in [0.3, 0.4) is 0 Å². The molecule has 2 aliphatic heterocycles. The fourth-order valence-electron chi connectivity index (χ4n) is 15.1. The Kier molecular flexibility index (Phi) is 24.0. The number of hydrogen-bond donors (Lipinski definition) is 4. The van der Waals surface area contributed by atoms with Crippen molar-refractivity contribution in [3.63, 3.8) is 0 Å². The molecule has 2 aromatic rings. The van der Waals surface area contributed by atoms with E-state index in [0.29, 0.717) is 61.2 Å². The molecule has 13 rings (SSSR count). The van der Waals surface area contributed by atoms with Crippen LogP contribution in [0.25, 0.3) is 0 Å². The molecule has 20 atom stereocenters. The van der Waals surface area contributed by atoms with Crippen LogP contribution in [0.5, 0.6) is 0 Å². The van der Waals surface area contributed by atoms with E-state index in [-0.39, 0.29) is 77.6 Å². The highest BCUT2D eigenvalue weighted by molar-refractivity contribution is 5.69. The lowest BCUT2D eigenvalue weighted by Gasteiger charge is -2.32. The van der Waals surface area contributed by atoms with Gasteiger partial charge in [-0.25, -0.2) is 0 Å². The van der Waals surface area contributed by atoms with E-state index >= 15 is 0 Å². The zero-order valence-corrected chi connectivity index (χ0v) is 48.4. The standard InChI is InChI=1S/C17H23NO2.C14H19NO.C9H14O4.C9H12O4.C9H12O2.C7H10O.H2O/c1-2-17(19)20-16-9-14-8-15(16)12-18(11-14)10-13-6-4-3-5-7-13;16-14-7-12-6-13(14)10-15(9-12)8-11-4-2-1-3-5-11;1-4(10)13-7-3-5-2-6(7)9(12)8(5)11;1-6(12)13-9-3-7(4-10)2-8(9)5-11;1-6(10)11-9-5-7-2-3-8(9)4-7;8-7-4-5-1-2-6(7)3-5;/h3-7,14-16H,2,8-12H2,1H3;1-5,12-14,16H,6-10H2;5-9,11-12H,2-3H2,1H3;4-5,7-9H,2-3H2,1H3;2-3,7-9H,4-5H2,1H3;1-2,5-8H,3-4H2;1H2/p-1. The van der Waals surface area contributed by atoms with Gasteiger partial charge in [-0.3, -0.25) is 29.0 Å². The molecule has 0 radical (unpaired) electrons.